The van der Waals surface area contributed by atoms with Crippen molar-refractivity contribution < 1.29 is 4.74 Å². The first kappa shape index (κ1) is 12.6. The Labute approximate surface area is 128 Å². The molecule has 1 aliphatic rings. The molecule has 2 aromatic carbocycles. The van der Waals surface area contributed by atoms with Crippen LogP contribution in [-0.2, 0) is 6.42 Å². The number of aromatic nitrogens is 1. The van der Waals surface area contributed by atoms with Crippen LogP contribution in [0.25, 0.3) is 21.8 Å². The van der Waals surface area contributed by atoms with Gasteiger partial charge in [-0.1, -0.05) is 30.3 Å². The van der Waals surface area contributed by atoms with E-state index in [9.17, 15) is 0 Å². The van der Waals surface area contributed by atoms with Crippen molar-refractivity contribution in [3.05, 3.63) is 59.5 Å². The summed E-state index contributed by atoms with van der Waals surface area (Å²) in [7, 11) is 0. The molecule has 4 rings (SSSR count). The van der Waals surface area contributed by atoms with Crippen LogP contribution >= 0.6 is 11.3 Å². The van der Waals surface area contributed by atoms with Crippen molar-refractivity contribution in [1.29, 1.82) is 0 Å². The highest BCUT2D eigenvalue weighted by Crippen LogP contribution is 2.32. The molecule has 2 heterocycles. The number of thiazole rings is 1. The highest BCUT2D eigenvalue weighted by atomic mass is 32.1. The molecule has 1 aromatic heterocycles. The van der Waals surface area contributed by atoms with Gasteiger partial charge in [0.05, 0.1) is 12.3 Å². The fraction of sp³-hybridized carbons (Fsp3) is 0.167. The summed E-state index contributed by atoms with van der Waals surface area (Å²) in [5.41, 5.74) is 4.70. The second-order valence-corrected chi connectivity index (χ2v) is 6.04. The Kier molecular flexibility index (Phi) is 3.20. The molecule has 0 radical (unpaired) electrons. The molecule has 0 saturated heterocycles. The molecule has 0 saturated carbocycles. The number of aryl methyl sites for hydroxylation is 1. The minimum atomic E-state index is 0.835. The highest BCUT2D eigenvalue weighted by molar-refractivity contribution is 7.13. The van der Waals surface area contributed by atoms with E-state index in [1.54, 1.807) is 11.3 Å². The van der Waals surface area contributed by atoms with Gasteiger partial charge in [-0.05, 0) is 36.6 Å². The first-order valence-corrected chi connectivity index (χ1v) is 8.05. The van der Waals surface area contributed by atoms with Gasteiger partial charge in [-0.3, -0.25) is 0 Å². The third kappa shape index (κ3) is 2.45. The van der Waals surface area contributed by atoms with E-state index in [2.05, 4.69) is 35.7 Å². The zero-order valence-corrected chi connectivity index (χ0v) is 12.4. The zero-order valence-electron chi connectivity index (χ0n) is 11.6. The summed E-state index contributed by atoms with van der Waals surface area (Å²) in [6, 6.07) is 16.7. The molecule has 3 aromatic rings. The van der Waals surface area contributed by atoms with Crippen LogP contribution in [0.5, 0.6) is 5.75 Å². The summed E-state index contributed by atoms with van der Waals surface area (Å²) in [6.45, 7) is 0.835. The number of benzene rings is 2. The van der Waals surface area contributed by atoms with Crippen LogP contribution in [0.15, 0.2) is 53.9 Å². The summed E-state index contributed by atoms with van der Waals surface area (Å²) in [4.78, 5) is 4.78. The summed E-state index contributed by atoms with van der Waals surface area (Å²) >= 11 is 1.69. The molecule has 0 N–H and O–H groups in total. The molecule has 104 valence electrons. The molecule has 0 bridgehead atoms. The summed E-state index contributed by atoms with van der Waals surface area (Å²) in [5, 5.41) is 3.20. The standard InChI is InChI=1S/C18H15NOS/c1-2-5-13(6-3-1)18-19-16(12-21-18)14-8-9-17-15(11-14)7-4-10-20-17/h1-3,5-6,8-9,11-12H,4,7,10H2. The fourth-order valence-electron chi connectivity index (χ4n) is 2.64. The molecule has 3 heteroatoms. The first-order valence-electron chi connectivity index (χ1n) is 7.17. The number of ether oxygens (including phenoxy) is 1. The van der Waals surface area contributed by atoms with Gasteiger partial charge in [-0.2, -0.15) is 0 Å². The highest BCUT2D eigenvalue weighted by Gasteiger charge is 2.13. The smallest absolute Gasteiger partial charge is 0.124 e. The zero-order chi connectivity index (χ0) is 14.1. The maximum Gasteiger partial charge on any atom is 0.124 e. The number of hydrogen-bond acceptors (Lipinski definition) is 3. The quantitative estimate of drug-likeness (QED) is 0.677. The molecule has 0 unspecified atom stereocenters. The van der Waals surface area contributed by atoms with E-state index < -0.39 is 0 Å². The number of nitrogens with zero attached hydrogens (tertiary/aromatic N) is 1. The van der Waals surface area contributed by atoms with Crippen LogP contribution in [0.2, 0.25) is 0 Å². The van der Waals surface area contributed by atoms with Gasteiger partial charge in [-0.25, -0.2) is 4.98 Å². The number of hydrogen-bond donors (Lipinski definition) is 0. The Balaban J connectivity index is 1.70. The average molecular weight is 293 g/mol. The van der Waals surface area contributed by atoms with Crippen molar-refractivity contribution >= 4 is 11.3 Å². The number of fused-ring (bicyclic) bond motifs is 1. The Hall–Kier alpha value is -2.13. The van der Waals surface area contributed by atoms with Gasteiger partial charge in [0, 0.05) is 16.5 Å². The van der Waals surface area contributed by atoms with Gasteiger partial charge < -0.3 is 4.74 Å². The van der Waals surface area contributed by atoms with Crippen LogP contribution in [0, 0.1) is 0 Å². The first-order chi connectivity index (χ1) is 10.4. The molecular formula is C18H15NOS. The third-order valence-electron chi connectivity index (χ3n) is 3.73. The van der Waals surface area contributed by atoms with E-state index in [4.69, 9.17) is 9.72 Å². The van der Waals surface area contributed by atoms with Crippen LogP contribution in [0.3, 0.4) is 0 Å². The molecule has 2 nitrogen and oxygen atoms in total. The average Bonchev–Trinajstić information content (AvgIpc) is 3.05. The van der Waals surface area contributed by atoms with Gasteiger partial charge in [-0.15, -0.1) is 11.3 Å². The minimum absolute atomic E-state index is 0.835. The lowest BCUT2D eigenvalue weighted by Gasteiger charge is -2.17. The van der Waals surface area contributed by atoms with Crippen LogP contribution in [0.4, 0.5) is 0 Å². The fourth-order valence-corrected chi connectivity index (χ4v) is 3.47. The Bertz CT molecular complexity index is 764. The second-order valence-electron chi connectivity index (χ2n) is 5.18. The lowest BCUT2D eigenvalue weighted by molar-refractivity contribution is 0.288. The summed E-state index contributed by atoms with van der Waals surface area (Å²) in [5.74, 6) is 1.03. The monoisotopic (exact) mass is 293 g/mol. The molecule has 0 amide bonds. The van der Waals surface area contributed by atoms with E-state index in [0.717, 1.165) is 35.9 Å². The topological polar surface area (TPSA) is 22.1 Å². The van der Waals surface area contributed by atoms with Gasteiger partial charge in [0.15, 0.2) is 0 Å². The maximum absolute atomic E-state index is 5.67. The second kappa shape index (κ2) is 5.34. The van der Waals surface area contributed by atoms with Crippen molar-refractivity contribution in [1.82, 2.24) is 4.98 Å². The van der Waals surface area contributed by atoms with E-state index >= 15 is 0 Å². The van der Waals surface area contributed by atoms with E-state index in [1.807, 2.05) is 18.2 Å². The largest absolute Gasteiger partial charge is 0.493 e. The number of rotatable bonds is 2. The molecule has 1 aliphatic heterocycles. The van der Waals surface area contributed by atoms with Crippen LogP contribution in [0.1, 0.15) is 12.0 Å². The summed E-state index contributed by atoms with van der Waals surface area (Å²) in [6.07, 6.45) is 2.20. The van der Waals surface area contributed by atoms with Crippen LogP contribution < -0.4 is 4.74 Å². The van der Waals surface area contributed by atoms with Crippen molar-refractivity contribution in [2.45, 2.75) is 12.8 Å². The summed E-state index contributed by atoms with van der Waals surface area (Å²) < 4.78 is 5.67. The predicted octanol–water partition coefficient (Wildman–Crippen LogP) is 4.80. The van der Waals surface area contributed by atoms with Crippen molar-refractivity contribution in [2.24, 2.45) is 0 Å². The SMILES string of the molecule is c1ccc(-c2nc(-c3ccc4c(c3)CCCO4)cs2)cc1. The minimum Gasteiger partial charge on any atom is -0.493 e. The van der Waals surface area contributed by atoms with Crippen molar-refractivity contribution in [3.63, 3.8) is 0 Å². The van der Waals surface area contributed by atoms with Gasteiger partial charge in [0.25, 0.3) is 0 Å². The molecular weight excluding hydrogens is 278 g/mol. The maximum atomic E-state index is 5.67. The Morgan fingerprint density at radius 1 is 1.00 bits per heavy atom. The lowest BCUT2D eigenvalue weighted by Crippen LogP contribution is -2.08. The Morgan fingerprint density at radius 3 is 2.81 bits per heavy atom. The van der Waals surface area contributed by atoms with Gasteiger partial charge in [0.2, 0.25) is 0 Å². The van der Waals surface area contributed by atoms with Crippen molar-refractivity contribution in [2.75, 3.05) is 6.61 Å². The lowest BCUT2D eigenvalue weighted by atomic mass is 10.0. The molecule has 0 atom stereocenters. The Morgan fingerprint density at radius 2 is 1.90 bits per heavy atom. The normalized spacial score (nSPS) is 13.5. The third-order valence-corrected chi connectivity index (χ3v) is 4.62. The van der Waals surface area contributed by atoms with E-state index in [1.165, 1.54) is 16.7 Å². The van der Waals surface area contributed by atoms with Gasteiger partial charge >= 0.3 is 0 Å². The van der Waals surface area contributed by atoms with Crippen LogP contribution in [-0.4, -0.2) is 11.6 Å². The molecule has 0 fully saturated rings. The molecule has 0 spiro atoms. The molecule has 21 heavy (non-hydrogen) atoms. The van der Waals surface area contributed by atoms with E-state index in [0.29, 0.717) is 0 Å². The molecule has 0 aliphatic carbocycles. The van der Waals surface area contributed by atoms with E-state index in [-0.39, 0.29) is 0 Å². The van der Waals surface area contributed by atoms with Crippen molar-refractivity contribution in [3.8, 4) is 27.6 Å². The predicted molar refractivity (Wildman–Crippen MR) is 86.8 cm³/mol. The van der Waals surface area contributed by atoms with Gasteiger partial charge in [0.1, 0.15) is 10.8 Å².